The molecule has 0 atom stereocenters. The van der Waals surface area contributed by atoms with Crippen molar-refractivity contribution < 1.29 is 14.3 Å². The summed E-state index contributed by atoms with van der Waals surface area (Å²) < 4.78 is 4.79. The molecule has 0 saturated carbocycles. The summed E-state index contributed by atoms with van der Waals surface area (Å²) in [6, 6.07) is 6.95. The van der Waals surface area contributed by atoms with Crippen LogP contribution < -0.4 is 10.2 Å². The number of methoxy groups -OCH3 is 1. The molecule has 26 heavy (non-hydrogen) atoms. The first-order valence-electron chi connectivity index (χ1n) is 8.23. The van der Waals surface area contributed by atoms with Crippen molar-refractivity contribution in [2.75, 3.05) is 43.5 Å². The Kier molecular flexibility index (Phi) is 5.26. The number of carbonyl (C=O) groups is 2. The molecule has 136 valence electrons. The molecule has 0 unspecified atom stereocenters. The average Bonchev–Trinajstić information content (AvgIpc) is 2.68. The molecule has 1 aromatic heterocycles. The quantitative estimate of drug-likeness (QED) is 0.812. The predicted molar refractivity (Wildman–Crippen MR) is 95.4 cm³/mol. The normalized spacial score (nSPS) is 14.1. The summed E-state index contributed by atoms with van der Waals surface area (Å²) in [5, 5.41) is 11.0. The maximum absolute atomic E-state index is 11.9. The Morgan fingerprint density at radius 3 is 2.58 bits per heavy atom. The molecule has 1 N–H and O–H groups in total. The van der Waals surface area contributed by atoms with Crippen LogP contribution in [0.2, 0.25) is 0 Å². The number of aromatic nitrogens is 3. The first-order valence-corrected chi connectivity index (χ1v) is 8.23. The van der Waals surface area contributed by atoms with E-state index in [0.29, 0.717) is 43.2 Å². The maximum Gasteiger partial charge on any atom is 0.339 e. The van der Waals surface area contributed by atoms with Gasteiger partial charge in [-0.3, -0.25) is 4.79 Å². The highest BCUT2D eigenvalue weighted by molar-refractivity contribution is 5.96. The van der Waals surface area contributed by atoms with E-state index in [1.807, 2.05) is 4.90 Å². The molecular formula is C17H20N6O3. The van der Waals surface area contributed by atoms with E-state index in [1.54, 1.807) is 42.3 Å². The number of ether oxygens (including phenoxy) is 1. The van der Waals surface area contributed by atoms with E-state index in [0.717, 1.165) is 0 Å². The minimum absolute atomic E-state index is 0.0761. The third-order valence-electron chi connectivity index (χ3n) is 4.17. The molecular weight excluding hydrogens is 336 g/mol. The minimum Gasteiger partial charge on any atom is -0.465 e. The number of anilines is 3. The van der Waals surface area contributed by atoms with Gasteiger partial charge in [-0.15, -0.1) is 5.10 Å². The molecule has 9 heteroatoms. The molecule has 1 aromatic carbocycles. The third kappa shape index (κ3) is 3.88. The summed E-state index contributed by atoms with van der Waals surface area (Å²) in [4.78, 5) is 31.6. The van der Waals surface area contributed by atoms with E-state index < -0.39 is 5.97 Å². The number of para-hydroxylation sites is 1. The topological polar surface area (TPSA) is 101 Å². The number of hydrogen-bond acceptors (Lipinski definition) is 8. The smallest absolute Gasteiger partial charge is 0.339 e. The zero-order valence-corrected chi connectivity index (χ0v) is 14.7. The number of rotatable bonds is 4. The standard InChI is InChI=1S/C17H20N6O3/c1-12(24)22-7-9-23(10-8-22)15-11-18-21-17(20-15)19-14-6-4-3-5-13(14)16(25)26-2/h3-6,11H,7-10H2,1-2H3,(H,19,20,21). The van der Waals surface area contributed by atoms with E-state index in [4.69, 9.17) is 4.74 Å². The van der Waals surface area contributed by atoms with Crippen molar-refractivity contribution in [2.24, 2.45) is 0 Å². The van der Waals surface area contributed by atoms with Gasteiger partial charge in [-0.1, -0.05) is 12.1 Å². The average molecular weight is 356 g/mol. The zero-order chi connectivity index (χ0) is 18.5. The lowest BCUT2D eigenvalue weighted by molar-refractivity contribution is -0.129. The first kappa shape index (κ1) is 17.6. The molecule has 2 heterocycles. The van der Waals surface area contributed by atoms with Crippen molar-refractivity contribution >= 4 is 29.3 Å². The van der Waals surface area contributed by atoms with Gasteiger partial charge in [0.2, 0.25) is 11.9 Å². The van der Waals surface area contributed by atoms with Gasteiger partial charge in [-0.2, -0.15) is 10.1 Å². The zero-order valence-electron chi connectivity index (χ0n) is 14.7. The first-order chi connectivity index (χ1) is 12.6. The van der Waals surface area contributed by atoms with Gasteiger partial charge < -0.3 is 19.9 Å². The van der Waals surface area contributed by atoms with Gasteiger partial charge in [0.1, 0.15) is 0 Å². The van der Waals surface area contributed by atoms with E-state index >= 15 is 0 Å². The molecule has 1 fully saturated rings. The van der Waals surface area contributed by atoms with Crippen LogP contribution in [0.15, 0.2) is 30.5 Å². The summed E-state index contributed by atoms with van der Waals surface area (Å²) in [7, 11) is 1.33. The van der Waals surface area contributed by atoms with Crippen LogP contribution in [0.1, 0.15) is 17.3 Å². The van der Waals surface area contributed by atoms with Gasteiger partial charge in [-0.05, 0) is 12.1 Å². The SMILES string of the molecule is COC(=O)c1ccccc1Nc1nncc(N2CCN(C(C)=O)CC2)n1. The maximum atomic E-state index is 11.9. The fourth-order valence-electron chi connectivity index (χ4n) is 2.75. The van der Waals surface area contributed by atoms with Crippen LogP contribution in [0.5, 0.6) is 0 Å². The van der Waals surface area contributed by atoms with Crippen LogP contribution >= 0.6 is 0 Å². The summed E-state index contributed by atoms with van der Waals surface area (Å²) in [5.41, 5.74) is 0.929. The number of benzene rings is 1. The highest BCUT2D eigenvalue weighted by atomic mass is 16.5. The Labute approximate surface area is 151 Å². The van der Waals surface area contributed by atoms with Crippen LogP contribution in [-0.2, 0) is 9.53 Å². The van der Waals surface area contributed by atoms with Gasteiger partial charge >= 0.3 is 5.97 Å². The van der Waals surface area contributed by atoms with Gasteiger partial charge in [0, 0.05) is 33.1 Å². The molecule has 0 radical (unpaired) electrons. The third-order valence-corrected chi connectivity index (χ3v) is 4.17. The fraction of sp³-hybridized carbons (Fsp3) is 0.353. The van der Waals surface area contributed by atoms with Crippen molar-refractivity contribution in [3.63, 3.8) is 0 Å². The van der Waals surface area contributed by atoms with Crippen molar-refractivity contribution in [2.45, 2.75) is 6.92 Å². The molecule has 1 aliphatic heterocycles. The molecule has 1 amide bonds. The molecule has 9 nitrogen and oxygen atoms in total. The minimum atomic E-state index is -0.447. The molecule has 0 aliphatic carbocycles. The van der Waals surface area contributed by atoms with Crippen molar-refractivity contribution in [1.29, 1.82) is 0 Å². The van der Waals surface area contributed by atoms with E-state index in [2.05, 4.69) is 20.5 Å². The van der Waals surface area contributed by atoms with E-state index in [1.165, 1.54) is 7.11 Å². The molecule has 2 aromatic rings. The van der Waals surface area contributed by atoms with Gasteiger partial charge in [0.25, 0.3) is 0 Å². The van der Waals surface area contributed by atoms with Crippen LogP contribution in [0.4, 0.5) is 17.5 Å². The Bertz CT molecular complexity index is 805. The predicted octanol–water partition coefficient (Wildman–Crippen LogP) is 1.07. The number of piperazine rings is 1. The van der Waals surface area contributed by atoms with Crippen LogP contribution in [0.3, 0.4) is 0 Å². The van der Waals surface area contributed by atoms with E-state index in [-0.39, 0.29) is 11.9 Å². The van der Waals surface area contributed by atoms with E-state index in [9.17, 15) is 9.59 Å². The second-order valence-corrected chi connectivity index (χ2v) is 5.79. The highest BCUT2D eigenvalue weighted by Crippen LogP contribution is 2.21. The highest BCUT2D eigenvalue weighted by Gasteiger charge is 2.20. The Hall–Kier alpha value is -3.23. The number of esters is 1. The molecule has 1 aliphatic rings. The lowest BCUT2D eigenvalue weighted by Gasteiger charge is -2.34. The number of nitrogens with zero attached hydrogens (tertiary/aromatic N) is 5. The van der Waals surface area contributed by atoms with Crippen LogP contribution in [-0.4, -0.2) is 65.2 Å². The number of nitrogens with one attached hydrogen (secondary N) is 1. The van der Waals surface area contributed by atoms with Crippen molar-refractivity contribution in [3.05, 3.63) is 36.0 Å². The monoisotopic (exact) mass is 356 g/mol. The fourth-order valence-corrected chi connectivity index (χ4v) is 2.75. The molecule has 3 rings (SSSR count). The summed E-state index contributed by atoms with van der Waals surface area (Å²) in [5.74, 6) is 0.582. The Morgan fingerprint density at radius 1 is 1.15 bits per heavy atom. The van der Waals surface area contributed by atoms with Gasteiger partial charge in [0.05, 0.1) is 24.6 Å². The Morgan fingerprint density at radius 2 is 1.88 bits per heavy atom. The van der Waals surface area contributed by atoms with Crippen molar-refractivity contribution in [3.8, 4) is 0 Å². The largest absolute Gasteiger partial charge is 0.465 e. The summed E-state index contributed by atoms with van der Waals surface area (Å²) >= 11 is 0. The summed E-state index contributed by atoms with van der Waals surface area (Å²) in [6.45, 7) is 4.22. The summed E-state index contributed by atoms with van der Waals surface area (Å²) in [6.07, 6.45) is 1.58. The van der Waals surface area contributed by atoms with Crippen molar-refractivity contribution in [1.82, 2.24) is 20.1 Å². The number of carbonyl (C=O) groups excluding carboxylic acids is 2. The molecule has 0 bridgehead atoms. The lowest BCUT2D eigenvalue weighted by atomic mass is 10.2. The molecule has 1 saturated heterocycles. The second kappa shape index (κ2) is 7.77. The van der Waals surface area contributed by atoms with Gasteiger partial charge in [-0.25, -0.2) is 4.79 Å². The van der Waals surface area contributed by atoms with Gasteiger partial charge in [0.15, 0.2) is 5.82 Å². The lowest BCUT2D eigenvalue weighted by Crippen LogP contribution is -2.48. The number of hydrogen-bond donors (Lipinski definition) is 1. The Balaban J connectivity index is 1.75. The van der Waals surface area contributed by atoms with Crippen LogP contribution in [0, 0.1) is 0 Å². The van der Waals surface area contributed by atoms with Crippen LogP contribution in [0.25, 0.3) is 0 Å². The number of amides is 1. The molecule has 0 spiro atoms. The second-order valence-electron chi connectivity index (χ2n) is 5.79.